The van der Waals surface area contributed by atoms with Crippen molar-refractivity contribution in [1.29, 1.82) is 0 Å². The molecular weight excluding hydrogens is 356 g/mol. The summed E-state index contributed by atoms with van der Waals surface area (Å²) in [6.45, 7) is 0.952. The zero-order valence-electron chi connectivity index (χ0n) is 13.2. The van der Waals surface area contributed by atoms with Crippen LogP contribution < -0.4 is 5.32 Å². The first-order valence-corrected chi connectivity index (χ1v) is 9.45. The maximum Gasteiger partial charge on any atom is 0.224 e. The zero-order chi connectivity index (χ0) is 15.8. The van der Waals surface area contributed by atoms with Crippen LogP contribution in [-0.4, -0.2) is 32.3 Å². The van der Waals surface area contributed by atoms with Crippen molar-refractivity contribution in [3.05, 3.63) is 16.9 Å². The number of aromatic nitrogens is 3. The summed E-state index contributed by atoms with van der Waals surface area (Å²) in [7, 11) is 0. The van der Waals surface area contributed by atoms with Crippen LogP contribution in [0.25, 0.3) is 11.0 Å². The smallest absolute Gasteiger partial charge is 0.224 e. The van der Waals surface area contributed by atoms with Crippen molar-refractivity contribution >= 4 is 32.9 Å². The Morgan fingerprint density at radius 1 is 1.22 bits per heavy atom. The number of aliphatic hydroxyl groups is 1. The van der Waals surface area contributed by atoms with E-state index < -0.39 is 0 Å². The van der Waals surface area contributed by atoms with E-state index in [4.69, 9.17) is 4.98 Å². The molecule has 0 aliphatic heterocycles. The van der Waals surface area contributed by atoms with E-state index in [1.54, 1.807) is 0 Å². The van der Waals surface area contributed by atoms with Gasteiger partial charge >= 0.3 is 0 Å². The van der Waals surface area contributed by atoms with Crippen LogP contribution in [0.3, 0.4) is 0 Å². The third-order valence-electron chi connectivity index (χ3n) is 5.12. The van der Waals surface area contributed by atoms with Gasteiger partial charge in [-0.2, -0.15) is 4.98 Å². The number of hydrogen-bond acceptors (Lipinski definition) is 4. The van der Waals surface area contributed by atoms with Gasteiger partial charge in [0.15, 0.2) is 0 Å². The lowest BCUT2D eigenvalue weighted by molar-refractivity contribution is 0.111. The van der Waals surface area contributed by atoms with Gasteiger partial charge in [-0.05, 0) is 54.0 Å². The van der Waals surface area contributed by atoms with E-state index in [9.17, 15) is 5.11 Å². The van der Waals surface area contributed by atoms with Crippen molar-refractivity contribution in [2.75, 3.05) is 11.9 Å². The lowest BCUT2D eigenvalue weighted by atomic mass is 9.93. The van der Waals surface area contributed by atoms with Crippen molar-refractivity contribution in [3.8, 4) is 0 Å². The van der Waals surface area contributed by atoms with Crippen molar-refractivity contribution in [3.63, 3.8) is 0 Å². The van der Waals surface area contributed by atoms with E-state index in [1.165, 1.54) is 19.3 Å². The molecule has 2 aromatic rings. The van der Waals surface area contributed by atoms with Crippen LogP contribution in [0.15, 0.2) is 16.9 Å². The molecule has 2 heterocycles. The quantitative estimate of drug-likeness (QED) is 0.828. The summed E-state index contributed by atoms with van der Waals surface area (Å²) < 4.78 is 3.31. The molecule has 2 aromatic heterocycles. The molecular formula is C17H23BrN4O. The minimum absolute atomic E-state index is 0.134. The van der Waals surface area contributed by atoms with Crippen LogP contribution >= 0.6 is 15.9 Å². The van der Waals surface area contributed by atoms with Gasteiger partial charge in [-0.25, -0.2) is 4.98 Å². The molecule has 6 heteroatoms. The van der Waals surface area contributed by atoms with Crippen LogP contribution in [0.5, 0.6) is 0 Å². The Hall–Kier alpha value is -1.14. The molecule has 2 fully saturated rings. The van der Waals surface area contributed by atoms with Crippen LogP contribution in [0.2, 0.25) is 0 Å². The Kier molecular flexibility index (Phi) is 4.28. The van der Waals surface area contributed by atoms with E-state index in [0.29, 0.717) is 6.04 Å². The minimum Gasteiger partial charge on any atom is -0.393 e. The van der Waals surface area contributed by atoms with Gasteiger partial charge in [0.25, 0.3) is 0 Å². The second-order valence-electron chi connectivity index (χ2n) is 6.94. The fourth-order valence-corrected chi connectivity index (χ4v) is 3.99. The average molecular weight is 379 g/mol. The largest absolute Gasteiger partial charge is 0.393 e. The molecule has 0 atom stereocenters. The number of halogens is 1. The molecule has 2 saturated carbocycles. The Morgan fingerprint density at radius 3 is 2.74 bits per heavy atom. The summed E-state index contributed by atoms with van der Waals surface area (Å²) in [6, 6.07) is 0.418. The van der Waals surface area contributed by atoms with Gasteiger partial charge in [0.2, 0.25) is 5.95 Å². The minimum atomic E-state index is -0.134. The molecule has 0 aromatic carbocycles. The van der Waals surface area contributed by atoms with Crippen LogP contribution in [-0.2, 0) is 0 Å². The van der Waals surface area contributed by atoms with Crippen molar-refractivity contribution in [1.82, 2.24) is 14.5 Å². The summed E-state index contributed by atoms with van der Waals surface area (Å²) in [6.07, 6.45) is 11.6. The van der Waals surface area contributed by atoms with Crippen LogP contribution in [0.1, 0.15) is 51.0 Å². The van der Waals surface area contributed by atoms with Crippen molar-refractivity contribution in [2.45, 2.75) is 57.1 Å². The molecule has 4 rings (SSSR count). The number of hydrogen-bond donors (Lipinski definition) is 2. The van der Waals surface area contributed by atoms with Crippen molar-refractivity contribution < 1.29 is 5.11 Å². The molecule has 2 aliphatic rings. The number of rotatable bonds is 5. The molecule has 5 nitrogen and oxygen atoms in total. The van der Waals surface area contributed by atoms with Gasteiger partial charge in [0.05, 0.1) is 11.5 Å². The first-order valence-electron chi connectivity index (χ1n) is 8.65. The number of anilines is 1. The van der Waals surface area contributed by atoms with Crippen molar-refractivity contribution in [2.24, 2.45) is 5.92 Å². The Labute approximate surface area is 144 Å². The lowest BCUT2D eigenvalue weighted by Gasteiger charge is -2.27. The molecule has 2 aliphatic carbocycles. The molecule has 23 heavy (non-hydrogen) atoms. The van der Waals surface area contributed by atoms with Gasteiger partial charge in [-0.15, -0.1) is 0 Å². The Balaban J connectivity index is 1.56. The fraction of sp³-hybridized carbons (Fsp3) is 0.647. The molecule has 0 radical (unpaired) electrons. The zero-order valence-corrected chi connectivity index (χ0v) is 14.8. The number of aliphatic hydroxyl groups excluding tert-OH is 1. The molecule has 0 bridgehead atoms. The predicted molar refractivity (Wildman–Crippen MR) is 94.6 cm³/mol. The standard InChI is InChI=1S/C17H23BrN4O/c18-15-10-22(12-3-5-13(23)6-4-12)16-14(15)9-20-17(21-16)19-8-7-11-1-2-11/h9-13,23H,1-8H2,(H,19,20,21). The van der Waals surface area contributed by atoms with E-state index in [-0.39, 0.29) is 6.10 Å². The molecule has 2 N–H and O–H groups in total. The van der Waals surface area contributed by atoms with Gasteiger partial charge < -0.3 is 15.0 Å². The molecule has 0 saturated heterocycles. The highest BCUT2D eigenvalue weighted by Crippen LogP contribution is 2.35. The monoisotopic (exact) mass is 378 g/mol. The summed E-state index contributed by atoms with van der Waals surface area (Å²) in [4.78, 5) is 9.21. The lowest BCUT2D eigenvalue weighted by Crippen LogP contribution is -2.20. The molecule has 124 valence electrons. The highest BCUT2D eigenvalue weighted by atomic mass is 79.9. The topological polar surface area (TPSA) is 63.0 Å². The molecule has 0 amide bonds. The van der Waals surface area contributed by atoms with Gasteiger partial charge in [-0.3, -0.25) is 0 Å². The molecule has 0 spiro atoms. The van der Waals surface area contributed by atoms with Gasteiger partial charge in [0.1, 0.15) is 5.65 Å². The third kappa shape index (κ3) is 3.38. The van der Waals surface area contributed by atoms with Gasteiger partial charge in [-0.1, -0.05) is 12.8 Å². The number of nitrogens with zero attached hydrogens (tertiary/aromatic N) is 3. The fourth-order valence-electron chi connectivity index (χ4n) is 3.49. The summed E-state index contributed by atoms with van der Waals surface area (Å²) in [5.74, 6) is 1.64. The second-order valence-corrected chi connectivity index (χ2v) is 7.79. The van der Waals surface area contributed by atoms with E-state index in [1.807, 2.05) is 6.20 Å². The summed E-state index contributed by atoms with van der Waals surface area (Å²) in [5, 5.41) is 14.2. The summed E-state index contributed by atoms with van der Waals surface area (Å²) >= 11 is 3.63. The first kappa shape index (κ1) is 15.4. The van der Waals surface area contributed by atoms with E-state index in [0.717, 1.165) is 59.6 Å². The average Bonchev–Trinajstić information content (AvgIpc) is 3.32. The highest BCUT2D eigenvalue weighted by molar-refractivity contribution is 9.10. The Morgan fingerprint density at radius 2 is 2.00 bits per heavy atom. The maximum atomic E-state index is 9.73. The normalized spacial score (nSPS) is 25.0. The first-order chi connectivity index (χ1) is 11.2. The summed E-state index contributed by atoms with van der Waals surface area (Å²) in [5.41, 5.74) is 0.988. The Bertz CT molecular complexity index is 689. The predicted octanol–water partition coefficient (Wildman–Crippen LogP) is 3.88. The number of nitrogens with one attached hydrogen (secondary N) is 1. The van der Waals surface area contributed by atoms with Crippen LogP contribution in [0, 0.1) is 5.92 Å². The van der Waals surface area contributed by atoms with Crippen LogP contribution in [0.4, 0.5) is 5.95 Å². The van der Waals surface area contributed by atoms with E-state index >= 15 is 0 Å². The highest BCUT2D eigenvalue weighted by Gasteiger charge is 2.24. The SMILES string of the molecule is OC1CCC(n2cc(Br)c3cnc(NCCC4CC4)nc32)CC1. The third-order valence-corrected chi connectivity index (χ3v) is 5.75. The molecule has 0 unspecified atom stereocenters. The number of fused-ring (bicyclic) bond motifs is 1. The maximum absolute atomic E-state index is 9.73. The van der Waals surface area contributed by atoms with E-state index in [2.05, 4.69) is 37.0 Å². The van der Waals surface area contributed by atoms with Gasteiger partial charge in [0, 0.05) is 29.5 Å². The second kappa shape index (κ2) is 6.40.